The molecule has 2 rings (SSSR count). The second kappa shape index (κ2) is 14.6. The fraction of sp³-hybridized carbons (Fsp3) is 0.481. The molecule has 0 aliphatic rings. The Labute approximate surface area is 236 Å². The summed E-state index contributed by atoms with van der Waals surface area (Å²) in [7, 11) is -3.59. The van der Waals surface area contributed by atoms with E-state index in [1.54, 1.807) is 49.4 Å². The molecular formula is C27H37Cl2N3O5S. The van der Waals surface area contributed by atoms with Crippen molar-refractivity contribution in [1.82, 2.24) is 10.2 Å². The number of nitrogens with one attached hydrogen (secondary N) is 1. The van der Waals surface area contributed by atoms with Gasteiger partial charge in [0.1, 0.15) is 11.8 Å². The first-order valence-corrected chi connectivity index (χ1v) is 15.2. The third-order valence-corrected chi connectivity index (χ3v) is 7.89. The van der Waals surface area contributed by atoms with Crippen molar-refractivity contribution in [3.8, 4) is 5.75 Å². The van der Waals surface area contributed by atoms with Crippen LogP contribution in [-0.4, -0.2) is 56.6 Å². The van der Waals surface area contributed by atoms with Gasteiger partial charge in [-0.1, -0.05) is 36.2 Å². The fourth-order valence-electron chi connectivity index (χ4n) is 3.76. The highest BCUT2D eigenvalue weighted by molar-refractivity contribution is 7.92. The molecule has 0 aromatic heterocycles. The van der Waals surface area contributed by atoms with Crippen molar-refractivity contribution >= 4 is 50.7 Å². The van der Waals surface area contributed by atoms with E-state index in [1.807, 2.05) is 20.8 Å². The van der Waals surface area contributed by atoms with Gasteiger partial charge in [-0.2, -0.15) is 0 Å². The van der Waals surface area contributed by atoms with E-state index in [2.05, 4.69) is 5.32 Å². The molecule has 1 N–H and O–H groups in total. The van der Waals surface area contributed by atoms with Crippen LogP contribution in [0.3, 0.4) is 0 Å². The van der Waals surface area contributed by atoms with Crippen molar-refractivity contribution in [1.29, 1.82) is 0 Å². The van der Waals surface area contributed by atoms with Gasteiger partial charge in [0.2, 0.25) is 21.8 Å². The Morgan fingerprint density at radius 3 is 2.26 bits per heavy atom. The zero-order valence-electron chi connectivity index (χ0n) is 22.5. The molecule has 0 fully saturated rings. The van der Waals surface area contributed by atoms with Crippen molar-refractivity contribution in [3.63, 3.8) is 0 Å². The normalized spacial score (nSPS) is 12.9. The first kappa shape index (κ1) is 31.7. The Morgan fingerprint density at radius 2 is 1.71 bits per heavy atom. The number of amides is 2. The largest absolute Gasteiger partial charge is 0.494 e. The SMILES string of the molecule is CCOc1ccc(N(CCCC(=O)N(Cc2ccc(Cl)cc2Cl)[C@H](C)C(=O)N[C@H](C)CC)S(C)(=O)=O)cc1. The third-order valence-electron chi connectivity index (χ3n) is 6.11. The van der Waals surface area contributed by atoms with Crippen LogP contribution in [0.5, 0.6) is 5.75 Å². The summed E-state index contributed by atoms with van der Waals surface area (Å²) < 4.78 is 31.7. The molecule has 2 atom stereocenters. The first-order valence-electron chi connectivity index (χ1n) is 12.6. The van der Waals surface area contributed by atoms with Crippen LogP contribution in [0.4, 0.5) is 5.69 Å². The summed E-state index contributed by atoms with van der Waals surface area (Å²) in [6.07, 6.45) is 2.17. The highest BCUT2D eigenvalue weighted by atomic mass is 35.5. The van der Waals surface area contributed by atoms with Gasteiger partial charge in [-0.15, -0.1) is 0 Å². The van der Waals surface area contributed by atoms with Gasteiger partial charge in [0.15, 0.2) is 0 Å². The summed E-state index contributed by atoms with van der Waals surface area (Å²) in [5.41, 5.74) is 1.13. The third kappa shape index (κ3) is 9.36. The van der Waals surface area contributed by atoms with E-state index in [9.17, 15) is 18.0 Å². The lowest BCUT2D eigenvalue weighted by atomic mass is 10.1. The van der Waals surface area contributed by atoms with Crippen LogP contribution < -0.4 is 14.4 Å². The molecule has 0 radical (unpaired) electrons. The number of nitrogens with zero attached hydrogens (tertiary/aromatic N) is 2. The van der Waals surface area contributed by atoms with Gasteiger partial charge in [-0.25, -0.2) is 8.42 Å². The molecule has 0 spiro atoms. The zero-order valence-corrected chi connectivity index (χ0v) is 24.9. The van der Waals surface area contributed by atoms with Gasteiger partial charge < -0.3 is 15.0 Å². The number of rotatable bonds is 14. The lowest BCUT2D eigenvalue weighted by molar-refractivity contribution is -0.140. The van der Waals surface area contributed by atoms with E-state index < -0.39 is 16.1 Å². The molecule has 2 amide bonds. The van der Waals surface area contributed by atoms with Gasteiger partial charge in [0.25, 0.3) is 0 Å². The molecule has 2 aromatic rings. The number of hydrogen-bond acceptors (Lipinski definition) is 5. The molecular weight excluding hydrogens is 549 g/mol. The summed E-state index contributed by atoms with van der Waals surface area (Å²) in [5, 5.41) is 3.78. The minimum Gasteiger partial charge on any atom is -0.494 e. The van der Waals surface area contributed by atoms with Gasteiger partial charge in [0.05, 0.1) is 18.6 Å². The van der Waals surface area contributed by atoms with Crippen LogP contribution in [0.1, 0.15) is 52.5 Å². The maximum absolute atomic E-state index is 13.4. The van der Waals surface area contributed by atoms with E-state index in [1.165, 1.54) is 9.21 Å². The maximum atomic E-state index is 13.4. The van der Waals surface area contributed by atoms with E-state index in [0.29, 0.717) is 33.7 Å². The molecule has 0 saturated carbocycles. The number of benzene rings is 2. The molecule has 0 saturated heterocycles. The van der Waals surface area contributed by atoms with Gasteiger partial charge >= 0.3 is 0 Å². The minimum atomic E-state index is -3.59. The molecule has 2 aromatic carbocycles. The zero-order chi connectivity index (χ0) is 28.5. The molecule has 8 nitrogen and oxygen atoms in total. The average Bonchev–Trinajstić information content (AvgIpc) is 2.85. The highest BCUT2D eigenvalue weighted by Crippen LogP contribution is 2.25. The molecule has 0 unspecified atom stereocenters. The molecule has 0 aliphatic heterocycles. The predicted octanol–water partition coefficient (Wildman–Crippen LogP) is 5.27. The standard InChI is InChI=1S/C27H37Cl2N3O5S/c1-6-19(3)30-27(34)20(4)31(18-21-10-11-22(28)17-25(21)29)26(33)9-8-16-32(38(5,35)36)23-12-14-24(15-13-23)37-7-2/h10-15,17,19-20H,6-9,16,18H2,1-5H3,(H,30,34)/t19-,20-/m1/s1. The van der Waals surface area contributed by atoms with E-state index in [0.717, 1.165) is 12.7 Å². The summed E-state index contributed by atoms with van der Waals surface area (Å²) in [5.74, 6) is 0.0777. The molecule has 0 aliphatic carbocycles. The lowest BCUT2D eigenvalue weighted by Crippen LogP contribution is -2.49. The topological polar surface area (TPSA) is 96.0 Å². The highest BCUT2D eigenvalue weighted by Gasteiger charge is 2.28. The number of carbonyl (C=O) groups is 2. The Morgan fingerprint density at radius 1 is 1.05 bits per heavy atom. The second-order valence-corrected chi connectivity index (χ2v) is 11.9. The molecule has 0 heterocycles. The van der Waals surface area contributed by atoms with E-state index in [-0.39, 0.29) is 43.8 Å². The average molecular weight is 587 g/mol. The Bertz CT molecular complexity index is 1190. The van der Waals surface area contributed by atoms with Crippen LogP contribution in [0.25, 0.3) is 0 Å². The van der Waals surface area contributed by atoms with Crippen molar-refractivity contribution in [2.24, 2.45) is 0 Å². The van der Waals surface area contributed by atoms with Gasteiger partial charge in [-0.3, -0.25) is 13.9 Å². The number of sulfonamides is 1. The van der Waals surface area contributed by atoms with Crippen LogP contribution in [0, 0.1) is 0 Å². The number of ether oxygens (including phenoxy) is 1. The van der Waals surface area contributed by atoms with E-state index in [4.69, 9.17) is 27.9 Å². The minimum absolute atomic E-state index is 0.0369. The van der Waals surface area contributed by atoms with Crippen LogP contribution in [-0.2, 0) is 26.2 Å². The van der Waals surface area contributed by atoms with Crippen LogP contribution in [0.15, 0.2) is 42.5 Å². The van der Waals surface area contributed by atoms with Gasteiger partial charge in [0, 0.05) is 35.6 Å². The van der Waals surface area contributed by atoms with Crippen molar-refractivity contribution in [2.75, 3.05) is 23.7 Å². The second-order valence-electron chi connectivity index (χ2n) is 9.12. The van der Waals surface area contributed by atoms with Crippen molar-refractivity contribution in [2.45, 2.75) is 65.6 Å². The van der Waals surface area contributed by atoms with Crippen molar-refractivity contribution < 1.29 is 22.7 Å². The first-order chi connectivity index (χ1) is 17.9. The lowest BCUT2D eigenvalue weighted by Gasteiger charge is -2.30. The quantitative estimate of drug-likeness (QED) is 0.326. The molecule has 210 valence electrons. The van der Waals surface area contributed by atoms with Gasteiger partial charge in [-0.05, 0) is 75.6 Å². The summed E-state index contributed by atoms with van der Waals surface area (Å²) in [6.45, 7) is 8.11. The monoisotopic (exact) mass is 585 g/mol. The number of hydrogen-bond donors (Lipinski definition) is 1. The van der Waals surface area contributed by atoms with Crippen LogP contribution in [0.2, 0.25) is 10.0 Å². The Hall–Kier alpha value is -2.49. The summed E-state index contributed by atoms with van der Waals surface area (Å²) in [6, 6.07) is 10.9. The molecule has 38 heavy (non-hydrogen) atoms. The number of anilines is 1. The smallest absolute Gasteiger partial charge is 0.242 e. The van der Waals surface area contributed by atoms with Crippen molar-refractivity contribution in [3.05, 3.63) is 58.1 Å². The fourth-order valence-corrected chi connectivity index (χ4v) is 5.19. The number of carbonyl (C=O) groups excluding carboxylic acids is 2. The number of halogens is 2. The van der Waals surface area contributed by atoms with Crippen LogP contribution >= 0.6 is 23.2 Å². The predicted molar refractivity (Wildman–Crippen MR) is 153 cm³/mol. The summed E-state index contributed by atoms with van der Waals surface area (Å²) in [4.78, 5) is 27.8. The molecule has 0 bridgehead atoms. The maximum Gasteiger partial charge on any atom is 0.242 e. The Balaban J connectivity index is 2.20. The van der Waals surface area contributed by atoms with E-state index >= 15 is 0 Å². The Kier molecular flexibility index (Phi) is 12.2. The molecule has 11 heteroatoms. The summed E-state index contributed by atoms with van der Waals surface area (Å²) >= 11 is 12.4.